The fourth-order valence-corrected chi connectivity index (χ4v) is 5.26. The van der Waals surface area contributed by atoms with Crippen molar-refractivity contribution in [1.82, 2.24) is 4.98 Å². The lowest BCUT2D eigenvalue weighted by molar-refractivity contribution is 0.483. The van der Waals surface area contributed by atoms with E-state index in [0.717, 1.165) is 54.7 Å². The largest absolute Gasteiger partial charge is 0.371 e. The molecule has 6 heteroatoms. The van der Waals surface area contributed by atoms with Crippen LogP contribution in [0.15, 0.2) is 77.3 Å². The van der Waals surface area contributed by atoms with E-state index in [9.17, 15) is 13.0 Å². The minimum atomic E-state index is -4.23. The Labute approximate surface area is 182 Å². The van der Waals surface area contributed by atoms with Gasteiger partial charge in [0.15, 0.2) is 0 Å². The Kier molecular flexibility index (Phi) is 5.12. The van der Waals surface area contributed by atoms with E-state index in [2.05, 4.69) is 35.2 Å². The van der Waals surface area contributed by atoms with Crippen molar-refractivity contribution in [2.75, 3.05) is 18.0 Å². The molecule has 1 N–H and O–H groups in total. The van der Waals surface area contributed by atoms with Gasteiger partial charge in [0.25, 0.3) is 10.1 Å². The van der Waals surface area contributed by atoms with Gasteiger partial charge < -0.3 is 4.90 Å². The fraction of sp³-hybridized carbons (Fsp3) is 0.240. The Bertz CT molecular complexity index is 1260. The molecule has 1 aliphatic carbocycles. The van der Waals surface area contributed by atoms with Crippen LogP contribution >= 0.6 is 0 Å². The van der Waals surface area contributed by atoms with Crippen LogP contribution in [0, 0.1) is 0 Å². The lowest BCUT2D eigenvalue weighted by atomic mass is 9.88. The van der Waals surface area contributed by atoms with Crippen LogP contribution in [0.3, 0.4) is 0 Å². The Morgan fingerprint density at radius 2 is 1.58 bits per heavy atom. The molecule has 158 valence electrons. The molecule has 3 aromatic rings. The first kappa shape index (κ1) is 20.0. The highest BCUT2D eigenvalue weighted by molar-refractivity contribution is 7.85. The summed E-state index contributed by atoms with van der Waals surface area (Å²) in [5, 5.41) is 0. The molecule has 0 spiro atoms. The predicted molar refractivity (Wildman–Crippen MR) is 122 cm³/mol. The second-order valence-electron chi connectivity index (χ2n) is 8.11. The summed E-state index contributed by atoms with van der Waals surface area (Å²) >= 11 is 0. The van der Waals surface area contributed by atoms with Gasteiger partial charge in [-0.05, 0) is 72.7 Å². The Balaban J connectivity index is 1.59. The van der Waals surface area contributed by atoms with Gasteiger partial charge in [0.2, 0.25) is 0 Å². The standard InChI is InChI=1S/C25H24N2O3S/c28-31(29,30)22-10-11-23-20(17-22)9-8-19-5-4-14-26-25(19)24(23)18-12-15-27(16-13-18)21-6-2-1-3-7-21/h1-7,10-11,14,17H,8-9,12-13,15-16H2,(H,28,29,30). The molecule has 1 aliphatic heterocycles. The summed E-state index contributed by atoms with van der Waals surface area (Å²) in [5.41, 5.74) is 7.90. The molecule has 2 aromatic carbocycles. The van der Waals surface area contributed by atoms with E-state index in [-0.39, 0.29) is 4.90 Å². The zero-order valence-corrected chi connectivity index (χ0v) is 18.0. The van der Waals surface area contributed by atoms with Crippen LogP contribution in [0.5, 0.6) is 0 Å². The first-order valence-corrected chi connectivity index (χ1v) is 12.0. The summed E-state index contributed by atoms with van der Waals surface area (Å²) in [6.45, 7) is 1.87. The second-order valence-corrected chi connectivity index (χ2v) is 9.53. The minimum Gasteiger partial charge on any atom is -0.371 e. The highest BCUT2D eigenvalue weighted by Crippen LogP contribution is 2.38. The summed E-state index contributed by atoms with van der Waals surface area (Å²) in [6.07, 6.45) is 5.19. The summed E-state index contributed by atoms with van der Waals surface area (Å²) in [4.78, 5) is 7.10. The topological polar surface area (TPSA) is 70.5 Å². The first-order chi connectivity index (χ1) is 15.0. The van der Waals surface area contributed by atoms with E-state index < -0.39 is 10.1 Å². The molecule has 1 aromatic heterocycles. The van der Waals surface area contributed by atoms with Crippen LogP contribution in [-0.4, -0.2) is 31.0 Å². The number of hydrogen-bond donors (Lipinski definition) is 1. The lowest BCUT2D eigenvalue weighted by Crippen LogP contribution is -2.31. The number of fused-ring (bicyclic) bond motifs is 2. The van der Waals surface area contributed by atoms with Crippen molar-refractivity contribution >= 4 is 21.4 Å². The molecule has 0 radical (unpaired) electrons. The minimum absolute atomic E-state index is 0.0478. The molecule has 1 fully saturated rings. The summed E-state index contributed by atoms with van der Waals surface area (Å²) in [6, 6.07) is 19.5. The third kappa shape index (κ3) is 3.89. The SMILES string of the molecule is O=S(=O)(O)c1ccc2c(c1)CCc1cccnc1C2=C1CCN(c2ccccc2)CC1. The average molecular weight is 433 g/mol. The maximum atomic E-state index is 11.7. The highest BCUT2D eigenvalue weighted by Gasteiger charge is 2.26. The van der Waals surface area contributed by atoms with Crippen molar-refractivity contribution in [2.45, 2.75) is 30.6 Å². The number of pyridine rings is 1. The van der Waals surface area contributed by atoms with Gasteiger partial charge in [-0.1, -0.05) is 35.9 Å². The van der Waals surface area contributed by atoms with Crippen LogP contribution in [0.2, 0.25) is 0 Å². The van der Waals surface area contributed by atoms with E-state index in [1.807, 2.05) is 24.4 Å². The second kappa shape index (κ2) is 7.94. The zero-order chi connectivity index (χ0) is 21.4. The van der Waals surface area contributed by atoms with Gasteiger partial charge in [0.1, 0.15) is 0 Å². The van der Waals surface area contributed by atoms with Gasteiger partial charge in [-0.2, -0.15) is 8.42 Å². The van der Waals surface area contributed by atoms with Crippen molar-refractivity contribution in [1.29, 1.82) is 0 Å². The maximum absolute atomic E-state index is 11.7. The number of piperidine rings is 1. The molecular weight excluding hydrogens is 408 g/mol. The average Bonchev–Trinajstić information content (AvgIpc) is 2.96. The van der Waals surface area contributed by atoms with Crippen LogP contribution in [0.1, 0.15) is 35.2 Å². The monoisotopic (exact) mass is 432 g/mol. The molecule has 0 saturated carbocycles. The van der Waals surface area contributed by atoms with Gasteiger partial charge in [-0.25, -0.2) is 0 Å². The highest BCUT2D eigenvalue weighted by atomic mass is 32.2. The van der Waals surface area contributed by atoms with E-state index in [0.29, 0.717) is 6.42 Å². The van der Waals surface area contributed by atoms with Gasteiger partial charge in [0.05, 0.1) is 10.6 Å². The molecule has 0 bridgehead atoms. The summed E-state index contributed by atoms with van der Waals surface area (Å²) in [7, 11) is -4.23. The van der Waals surface area contributed by atoms with Crippen LogP contribution in [0.4, 0.5) is 5.69 Å². The van der Waals surface area contributed by atoms with Crippen LogP contribution in [0.25, 0.3) is 5.57 Å². The van der Waals surface area contributed by atoms with Crippen molar-refractivity contribution in [3.05, 3.63) is 94.8 Å². The van der Waals surface area contributed by atoms with Crippen molar-refractivity contribution in [3.63, 3.8) is 0 Å². The van der Waals surface area contributed by atoms with Gasteiger partial charge >= 0.3 is 0 Å². The summed E-state index contributed by atoms with van der Waals surface area (Å²) in [5.74, 6) is 0. The van der Waals surface area contributed by atoms with Gasteiger partial charge in [-0.15, -0.1) is 0 Å². The fourth-order valence-electron chi connectivity index (χ4n) is 4.73. The normalized spacial score (nSPS) is 16.5. The van der Waals surface area contributed by atoms with E-state index in [1.54, 1.807) is 6.07 Å². The van der Waals surface area contributed by atoms with Crippen molar-refractivity contribution in [2.24, 2.45) is 0 Å². The molecule has 31 heavy (non-hydrogen) atoms. The summed E-state index contributed by atoms with van der Waals surface area (Å²) < 4.78 is 32.9. The third-order valence-corrected chi connectivity index (χ3v) is 7.13. The van der Waals surface area contributed by atoms with Crippen molar-refractivity contribution < 1.29 is 13.0 Å². The quantitative estimate of drug-likeness (QED) is 0.603. The predicted octanol–water partition coefficient (Wildman–Crippen LogP) is 4.53. The van der Waals surface area contributed by atoms with E-state index in [4.69, 9.17) is 4.98 Å². The Morgan fingerprint density at radius 3 is 2.32 bits per heavy atom. The van der Waals surface area contributed by atoms with E-state index in [1.165, 1.54) is 22.9 Å². The zero-order valence-electron chi connectivity index (χ0n) is 17.2. The number of rotatable bonds is 2. The number of aromatic nitrogens is 1. The molecular formula is C25H24N2O3S. The molecule has 5 rings (SSSR count). The maximum Gasteiger partial charge on any atom is 0.294 e. The van der Waals surface area contributed by atoms with E-state index >= 15 is 0 Å². The Hall–Kier alpha value is -2.96. The third-order valence-electron chi connectivity index (χ3n) is 6.28. The number of hydrogen-bond acceptors (Lipinski definition) is 4. The lowest BCUT2D eigenvalue weighted by Gasteiger charge is -2.32. The number of para-hydroxylation sites is 1. The number of nitrogens with zero attached hydrogens (tertiary/aromatic N) is 2. The molecule has 0 amide bonds. The molecule has 2 aliphatic rings. The number of benzene rings is 2. The first-order valence-electron chi connectivity index (χ1n) is 10.6. The molecule has 5 nitrogen and oxygen atoms in total. The van der Waals surface area contributed by atoms with Gasteiger partial charge in [-0.3, -0.25) is 9.54 Å². The van der Waals surface area contributed by atoms with Crippen LogP contribution < -0.4 is 4.90 Å². The number of anilines is 1. The molecule has 1 saturated heterocycles. The smallest absolute Gasteiger partial charge is 0.294 e. The van der Waals surface area contributed by atoms with Crippen LogP contribution in [-0.2, 0) is 23.0 Å². The molecule has 0 atom stereocenters. The Morgan fingerprint density at radius 1 is 0.839 bits per heavy atom. The van der Waals surface area contributed by atoms with Crippen molar-refractivity contribution in [3.8, 4) is 0 Å². The molecule has 2 heterocycles. The number of aryl methyl sites for hydroxylation is 2. The van der Waals surface area contributed by atoms with Gasteiger partial charge in [0, 0.05) is 30.5 Å². The molecule has 0 unspecified atom stereocenters.